The quantitative estimate of drug-likeness (QED) is 0.604. The van der Waals surface area contributed by atoms with E-state index >= 15 is 0 Å². The first-order valence-electron chi connectivity index (χ1n) is 5.63. The highest BCUT2D eigenvalue weighted by Gasteiger charge is 2.45. The molecule has 0 bridgehead atoms. The van der Waals surface area contributed by atoms with Gasteiger partial charge in [0.05, 0.1) is 0 Å². The van der Waals surface area contributed by atoms with Crippen LogP contribution in [-0.4, -0.2) is 0 Å². The van der Waals surface area contributed by atoms with E-state index in [0.29, 0.717) is 20.1 Å². The summed E-state index contributed by atoms with van der Waals surface area (Å²) in [6.07, 6.45) is -0.391. The van der Waals surface area contributed by atoms with Crippen molar-refractivity contribution in [3.8, 4) is 0 Å². The Hall–Kier alpha value is -0.440. The average molecular weight is 334 g/mol. The van der Waals surface area contributed by atoms with E-state index in [0.717, 1.165) is 11.1 Å². The van der Waals surface area contributed by atoms with Crippen LogP contribution in [0.1, 0.15) is 23.3 Å². The van der Waals surface area contributed by atoms with Gasteiger partial charge in [0.2, 0.25) is 0 Å². The van der Waals surface area contributed by atoms with Crippen molar-refractivity contribution in [3.05, 3.63) is 67.6 Å². The Labute approximate surface area is 131 Å². The zero-order valence-electron chi connectivity index (χ0n) is 9.54. The minimum absolute atomic E-state index is 0.196. The molecule has 1 fully saturated rings. The molecule has 0 aromatic heterocycles. The van der Waals surface area contributed by atoms with E-state index in [1.54, 1.807) is 36.4 Å². The van der Waals surface area contributed by atoms with Gasteiger partial charge in [-0.05, 0) is 24.3 Å². The maximum Gasteiger partial charge on any atom is 0.117 e. The summed E-state index contributed by atoms with van der Waals surface area (Å²) in [6.45, 7) is 0. The molecule has 19 heavy (non-hydrogen) atoms. The Morgan fingerprint density at radius 1 is 0.632 bits per heavy atom. The molecular weight excluding hydrogens is 326 g/mol. The zero-order valence-corrected chi connectivity index (χ0v) is 12.6. The first-order valence-corrected chi connectivity index (χ1v) is 7.14. The molecule has 5 heteroatoms. The molecule has 0 aliphatic carbocycles. The first-order chi connectivity index (χ1) is 9.09. The van der Waals surface area contributed by atoms with Crippen molar-refractivity contribution in [3.63, 3.8) is 0 Å². The predicted molar refractivity (Wildman–Crippen MR) is 79.5 cm³/mol. The summed E-state index contributed by atoms with van der Waals surface area (Å²) in [5.74, 6) is 0. The highest BCUT2D eigenvalue weighted by Crippen LogP contribution is 2.57. The summed E-state index contributed by atoms with van der Waals surface area (Å²) in [4.78, 5) is 0. The molecule has 0 amide bonds. The number of ether oxygens (including phenoxy) is 1. The summed E-state index contributed by atoms with van der Waals surface area (Å²) in [6, 6.07) is 10.7. The van der Waals surface area contributed by atoms with Crippen LogP contribution in [-0.2, 0) is 4.74 Å². The maximum atomic E-state index is 6.17. The lowest BCUT2D eigenvalue weighted by Gasteiger charge is -2.05. The lowest BCUT2D eigenvalue weighted by molar-refractivity contribution is 0.378. The topological polar surface area (TPSA) is 12.5 Å². The van der Waals surface area contributed by atoms with Crippen LogP contribution >= 0.6 is 46.4 Å². The van der Waals surface area contributed by atoms with E-state index < -0.39 is 0 Å². The van der Waals surface area contributed by atoms with Gasteiger partial charge in [-0.1, -0.05) is 58.5 Å². The van der Waals surface area contributed by atoms with Crippen LogP contribution in [0.15, 0.2) is 36.4 Å². The number of benzene rings is 2. The van der Waals surface area contributed by atoms with Crippen molar-refractivity contribution < 1.29 is 4.74 Å². The van der Waals surface area contributed by atoms with E-state index in [4.69, 9.17) is 51.1 Å². The van der Waals surface area contributed by atoms with E-state index in [-0.39, 0.29) is 12.2 Å². The Balaban J connectivity index is 1.97. The molecule has 0 unspecified atom stereocenters. The van der Waals surface area contributed by atoms with Crippen molar-refractivity contribution in [2.24, 2.45) is 0 Å². The highest BCUT2D eigenvalue weighted by atomic mass is 35.5. The highest BCUT2D eigenvalue weighted by molar-refractivity contribution is 6.37. The van der Waals surface area contributed by atoms with Gasteiger partial charge in [0.1, 0.15) is 12.2 Å². The third kappa shape index (κ3) is 2.46. The smallest absolute Gasteiger partial charge is 0.117 e. The second-order valence-corrected chi connectivity index (χ2v) is 5.88. The molecular formula is C14H8Cl4O. The Morgan fingerprint density at radius 2 is 0.947 bits per heavy atom. The number of rotatable bonds is 2. The Kier molecular flexibility index (Phi) is 3.67. The first kappa shape index (κ1) is 13.5. The molecule has 1 heterocycles. The summed E-state index contributed by atoms with van der Waals surface area (Å²) in [7, 11) is 0. The number of halogens is 4. The molecule has 1 nitrogen and oxygen atoms in total. The summed E-state index contributed by atoms with van der Waals surface area (Å²) < 4.78 is 5.67. The molecule has 1 aliphatic rings. The Morgan fingerprint density at radius 3 is 1.26 bits per heavy atom. The molecule has 0 radical (unpaired) electrons. The van der Waals surface area contributed by atoms with E-state index in [1.807, 2.05) is 0 Å². The summed E-state index contributed by atoms with van der Waals surface area (Å²) in [5, 5.41) is 2.35. The largest absolute Gasteiger partial charge is 0.359 e. The lowest BCUT2D eigenvalue weighted by atomic mass is 10.0. The third-order valence-corrected chi connectivity index (χ3v) is 4.38. The zero-order chi connectivity index (χ0) is 13.6. The molecule has 3 rings (SSSR count). The monoisotopic (exact) mass is 332 g/mol. The normalized spacial score (nSPS) is 21.5. The molecule has 0 spiro atoms. The summed E-state index contributed by atoms with van der Waals surface area (Å²) in [5.41, 5.74) is 1.57. The SMILES string of the molecule is Clc1cccc(Cl)c1[C@H]1O[C@H]1c1c(Cl)cccc1Cl. The van der Waals surface area contributed by atoms with Crippen molar-refractivity contribution in [1.29, 1.82) is 0 Å². The van der Waals surface area contributed by atoms with Gasteiger partial charge < -0.3 is 4.74 Å². The standard InChI is InChI=1S/C14H8Cl4O/c15-7-3-1-4-8(16)11(7)13-14(19-13)12-9(17)5-2-6-10(12)18/h1-6,13-14H/t13-,14+. The van der Waals surface area contributed by atoms with Gasteiger partial charge >= 0.3 is 0 Å². The lowest BCUT2D eigenvalue weighted by Crippen LogP contribution is -1.89. The minimum Gasteiger partial charge on any atom is -0.359 e. The van der Waals surface area contributed by atoms with Gasteiger partial charge in [0.15, 0.2) is 0 Å². The van der Waals surface area contributed by atoms with E-state index in [1.165, 1.54) is 0 Å². The van der Waals surface area contributed by atoms with Crippen LogP contribution in [0.5, 0.6) is 0 Å². The fourth-order valence-corrected chi connectivity index (χ4v) is 3.34. The third-order valence-electron chi connectivity index (χ3n) is 3.06. The van der Waals surface area contributed by atoms with Gasteiger partial charge in [-0.15, -0.1) is 0 Å². The molecule has 2 aromatic rings. The van der Waals surface area contributed by atoms with Crippen LogP contribution in [0, 0.1) is 0 Å². The van der Waals surface area contributed by atoms with Gasteiger partial charge in [-0.3, -0.25) is 0 Å². The average Bonchev–Trinajstić information content (AvgIpc) is 3.08. The second kappa shape index (κ2) is 5.16. The molecule has 0 saturated carbocycles. The number of epoxide rings is 1. The van der Waals surface area contributed by atoms with Crippen molar-refractivity contribution in [1.82, 2.24) is 0 Å². The van der Waals surface area contributed by atoms with Crippen molar-refractivity contribution in [2.45, 2.75) is 12.2 Å². The Bertz CT molecular complexity index is 545. The fraction of sp³-hybridized carbons (Fsp3) is 0.143. The van der Waals surface area contributed by atoms with Gasteiger partial charge in [-0.25, -0.2) is 0 Å². The van der Waals surface area contributed by atoms with Crippen molar-refractivity contribution in [2.75, 3.05) is 0 Å². The maximum absolute atomic E-state index is 6.17. The summed E-state index contributed by atoms with van der Waals surface area (Å²) >= 11 is 24.7. The van der Waals surface area contributed by atoms with Gasteiger partial charge in [0.25, 0.3) is 0 Å². The minimum atomic E-state index is -0.196. The van der Waals surface area contributed by atoms with Crippen LogP contribution in [0.3, 0.4) is 0 Å². The van der Waals surface area contributed by atoms with Gasteiger partial charge in [-0.2, -0.15) is 0 Å². The van der Waals surface area contributed by atoms with Crippen LogP contribution in [0.4, 0.5) is 0 Å². The van der Waals surface area contributed by atoms with E-state index in [9.17, 15) is 0 Å². The number of hydrogen-bond donors (Lipinski definition) is 0. The fourth-order valence-electron chi connectivity index (χ4n) is 2.12. The van der Waals surface area contributed by atoms with Crippen LogP contribution in [0.2, 0.25) is 20.1 Å². The van der Waals surface area contributed by atoms with Crippen molar-refractivity contribution >= 4 is 46.4 Å². The van der Waals surface area contributed by atoms with Gasteiger partial charge in [0, 0.05) is 31.2 Å². The van der Waals surface area contributed by atoms with Crippen LogP contribution < -0.4 is 0 Å². The second-order valence-electron chi connectivity index (χ2n) is 4.25. The number of hydrogen-bond acceptors (Lipinski definition) is 1. The molecule has 98 valence electrons. The molecule has 2 aromatic carbocycles. The molecule has 1 aliphatic heterocycles. The molecule has 2 atom stereocenters. The molecule has 1 saturated heterocycles. The predicted octanol–water partition coefficient (Wildman–Crippen LogP) is 6.11. The molecule has 0 N–H and O–H groups in total. The van der Waals surface area contributed by atoms with Crippen LogP contribution in [0.25, 0.3) is 0 Å². The van der Waals surface area contributed by atoms with E-state index in [2.05, 4.69) is 0 Å².